The molecule has 2 heterocycles. The van der Waals surface area contributed by atoms with E-state index >= 15 is 0 Å². The van der Waals surface area contributed by atoms with Crippen LogP contribution in [0, 0.1) is 18.3 Å². The summed E-state index contributed by atoms with van der Waals surface area (Å²) in [6, 6.07) is 14.4. The molecule has 2 aromatic heterocycles. The number of aryl methyl sites for hydroxylation is 1. The molecule has 0 aliphatic heterocycles. The lowest BCUT2D eigenvalue weighted by molar-refractivity contribution is 0.102. The van der Waals surface area contributed by atoms with Crippen molar-refractivity contribution in [1.82, 2.24) is 14.8 Å². The molecule has 0 aliphatic carbocycles. The number of pyridine rings is 1. The van der Waals surface area contributed by atoms with Crippen LogP contribution in [0.15, 0.2) is 48.7 Å². The maximum absolute atomic E-state index is 12.8. The van der Waals surface area contributed by atoms with Gasteiger partial charge in [0.05, 0.1) is 30.5 Å². The van der Waals surface area contributed by atoms with Gasteiger partial charge in [-0.05, 0) is 37.3 Å². The number of methoxy groups -OCH3 is 1. The molecule has 0 unspecified atom stereocenters. The molecule has 1 amide bonds. The summed E-state index contributed by atoms with van der Waals surface area (Å²) in [6.45, 7) is 2.94. The van der Waals surface area contributed by atoms with Gasteiger partial charge in [0.15, 0.2) is 11.5 Å². The number of hydrogen-bond acceptors (Lipinski definition) is 6. The number of nitrogens with zero attached hydrogens (tertiary/aromatic N) is 4. The monoisotopic (exact) mass is 376 g/mol. The molecule has 142 valence electrons. The summed E-state index contributed by atoms with van der Waals surface area (Å²) in [5.74, 6) is 0.0569. The van der Waals surface area contributed by atoms with E-state index in [4.69, 9.17) is 10.00 Å². The van der Waals surface area contributed by atoms with Crippen molar-refractivity contribution in [2.75, 3.05) is 24.4 Å². The first-order valence-corrected chi connectivity index (χ1v) is 8.67. The fourth-order valence-electron chi connectivity index (χ4n) is 2.57. The van der Waals surface area contributed by atoms with Crippen LogP contribution in [0.3, 0.4) is 0 Å². The summed E-state index contributed by atoms with van der Waals surface area (Å²) >= 11 is 0. The van der Waals surface area contributed by atoms with E-state index in [1.807, 2.05) is 19.1 Å². The zero-order chi connectivity index (χ0) is 19.9. The number of benzene rings is 1. The summed E-state index contributed by atoms with van der Waals surface area (Å²) in [5.41, 5.74) is 2.72. The maximum Gasteiger partial charge on any atom is 0.277 e. The predicted molar refractivity (Wildman–Crippen MR) is 105 cm³/mol. The number of hydrogen-bond donors (Lipinski definition) is 2. The van der Waals surface area contributed by atoms with Gasteiger partial charge >= 0.3 is 0 Å². The first kappa shape index (κ1) is 19.1. The molecule has 28 heavy (non-hydrogen) atoms. The largest absolute Gasteiger partial charge is 0.383 e. The van der Waals surface area contributed by atoms with Crippen LogP contribution in [0.5, 0.6) is 0 Å². The van der Waals surface area contributed by atoms with Crippen LogP contribution in [-0.2, 0) is 11.3 Å². The van der Waals surface area contributed by atoms with Crippen molar-refractivity contribution >= 4 is 23.1 Å². The van der Waals surface area contributed by atoms with Crippen molar-refractivity contribution in [2.24, 2.45) is 0 Å². The molecule has 0 spiro atoms. The van der Waals surface area contributed by atoms with Gasteiger partial charge in [0, 0.05) is 30.8 Å². The molecule has 0 saturated heterocycles. The highest BCUT2D eigenvalue weighted by Gasteiger charge is 2.15. The third-order valence-electron chi connectivity index (χ3n) is 3.93. The lowest BCUT2D eigenvalue weighted by Crippen LogP contribution is -2.17. The Balaban J connectivity index is 1.80. The Kier molecular flexibility index (Phi) is 5.99. The minimum atomic E-state index is -0.375. The standard InChI is InChI=1S/C20H20N6O2/c1-14-6-7-17(23-16-5-3-4-15(12-16)13-21)19(22-14)20(27)24-18-8-9-26(25-18)10-11-28-2/h3-9,12,23H,10-11H2,1-2H3,(H,24,25,27). The maximum atomic E-state index is 12.8. The Hall–Kier alpha value is -3.70. The molecule has 0 atom stereocenters. The molecule has 0 radical (unpaired) electrons. The average molecular weight is 376 g/mol. The second kappa shape index (κ2) is 8.79. The molecule has 8 heteroatoms. The molecule has 3 aromatic rings. The molecular formula is C20H20N6O2. The summed E-state index contributed by atoms with van der Waals surface area (Å²) < 4.78 is 6.71. The number of ether oxygens (including phenoxy) is 1. The summed E-state index contributed by atoms with van der Waals surface area (Å²) in [4.78, 5) is 17.2. The Morgan fingerprint density at radius 1 is 1.29 bits per heavy atom. The summed E-state index contributed by atoms with van der Waals surface area (Å²) in [7, 11) is 1.62. The Bertz CT molecular complexity index is 1020. The van der Waals surface area contributed by atoms with Crippen molar-refractivity contribution in [1.29, 1.82) is 5.26 Å². The number of nitriles is 1. The number of anilines is 3. The minimum absolute atomic E-state index is 0.244. The van der Waals surface area contributed by atoms with Gasteiger partial charge in [0.25, 0.3) is 5.91 Å². The van der Waals surface area contributed by atoms with Gasteiger partial charge in [-0.15, -0.1) is 0 Å². The van der Waals surface area contributed by atoms with E-state index in [1.165, 1.54) is 0 Å². The highest BCUT2D eigenvalue weighted by Crippen LogP contribution is 2.22. The number of amides is 1. The van der Waals surface area contributed by atoms with E-state index in [0.29, 0.717) is 41.6 Å². The van der Waals surface area contributed by atoms with Crippen LogP contribution in [0.1, 0.15) is 21.7 Å². The van der Waals surface area contributed by atoms with Gasteiger partial charge in [0.1, 0.15) is 0 Å². The van der Waals surface area contributed by atoms with Gasteiger partial charge in [-0.1, -0.05) is 6.07 Å². The topological polar surface area (TPSA) is 105 Å². The predicted octanol–water partition coefficient (Wildman–Crippen LogP) is 3.10. The van der Waals surface area contributed by atoms with Crippen LogP contribution in [0.25, 0.3) is 0 Å². The second-order valence-electron chi connectivity index (χ2n) is 6.08. The quantitative estimate of drug-likeness (QED) is 0.656. The highest BCUT2D eigenvalue weighted by atomic mass is 16.5. The van der Waals surface area contributed by atoms with E-state index in [0.717, 1.165) is 0 Å². The third kappa shape index (κ3) is 4.72. The Morgan fingerprint density at radius 2 is 2.14 bits per heavy atom. The van der Waals surface area contributed by atoms with Gasteiger partial charge in [-0.3, -0.25) is 9.48 Å². The van der Waals surface area contributed by atoms with E-state index < -0.39 is 0 Å². The van der Waals surface area contributed by atoms with Gasteiger partial charge in [-0.2, -0.15) is 10.4 Å². The molecule has 2 N–H and O–H groups in total. The molecule has 3 rings (SSSR count). The Morgan fingerprint density at radius 3 is 2.93 bits per heavy atom. The van der Waals surface area contributed by atoms with Crippen molar-refractivity contribution in [3.8, 4) is 6.07 Å². The van der Waals surface area contributed by atoms with E-state index in [9.17, 15) is 4.79 Å². The molecule has 0 aliphatic rings. The lowest BCUT2D eigenvalue weighted by atomic mass is 10.2. The number of nitrogens with one attached hydrogen (secondary N) is 2. The zero-order valence-corrected chi connectivity index (χ0v) is 15.6. The summed E-state index contributed by atoms with van der Waals surface area (Å²) in [5, 5.41) is 19.3. The van der Waals surface area contributed by atoms with E-state index in [1.54, 1.807) is 48.3 Å². The third-order valence-corrected chi connectivity index (χ3v) is 3.93. The van der Waals surface area contributed by atoms with Crippen LogP contribution >= 0.6 is 0 Å². The Labute approximate surface area is 162 Å². The molecule has 0 fully saturated rings. The highest BCUT2D eigenvalue weighted by molar-refractivity contribution is 6.06. The molecule has 0 bridgehead atoms. The fraction of sp³-hybridized carbons (Fsp3) is 0.200. The number of aromatic nitrogens is 3. The van der Waals surface area contributed by atoms with Crippen LogP contribution in [0.4, 0.5) is 17.2 Å². The number of rotatable bonds is 7. The smallest absolute Gasteiger partial charge is 0.277 e. The van der Waals surface area contributed by atoms with Crippen molar-refractivity contribution < 1.29 is 9.53 Å². The molecule has 8 nitrogen and oxygen atoms in total. The summed E-state index contributed by atoms with van der Waals surface area (Å²) in [6.07, 6.45) is 1.77. The first-order valence-electron chi connectivity index (χ1n) is 8.67. The minimum Gasteiger partial charge on any atom is -0.383 e. The van der Waals surface area contributed by atoms with E-state index in [-0.39, 0.29) is 11.6 Å². The van der Waals surface area contributed by atoms with Crippen molar-refractivity contribution in [2.45, 2.75) is 13.5 Å². The van der Waals surface area contributed by atoms with Gasteiger partial charge < -0.3 is 15.4 Å². The average Bonchev–Trinajstić information content (AvgIpc) is 3.15. The van der Waals surface area contributed by atoms with Crippen LogP contribution in [-0.4, -0.2) is 34.4 Å². The number of carbonyl (C=O) groups is 1. The van der Waals surface area contributed by atoms with Crippen molar-refractivity contribution in [3.63, 3.8) is 0 Å². The zero-order valence-electron chi connectivity index (χ0n) is 15.6. The lowest BCUT2D eigenvalue weighted by Gasteiger charge is -2.12. The normalized spacial score (nSPS) is 10.3. The molecular weight excluding hydrogens is 356 g/mol. The first-order chi connectivity index (χ1) is 13.6. The van der Waals surface area contributed by atoms with Gasteiger partial charge in [-0.25, -0.2) is 4.98 Å². The van der Waals surface area contributed by atoms with E-state index in [2.05, 4.69) is 26.8 Å². The molecule has 1 aromatic carbocycles. The SMILES string of the molecule is COCCn1ccc(NC(=O)c2nc(C)ccc2Nc2cccc(C#N)c2)n1. The fourth-order valence-corrected chi connectivity index (χ4v) is 2.57. The number of carbonyl (C=O) groups excluding carboxylic acids is 1. The van der Waals surface area contributed by atoms with Gasteiger partial charge in [0.2, 0.25) is 0 Å². The molecule has 0 saturated carbocycles. The van der Waals surface area contributed by atoms with Crippen LogP contribution in [0.2, 0.25) is 0 Å². The van der Waals surface area contributed by atoms with Crippen molar-refractivity contribution in [3.05, 3.63) is 65.6 Å². The van der Waals surface area contributed by atoms with Crippen LogP contribution < -0.4 is 10.6 Å². The second-order valence-corrected chi connectivity index (χ2v) is 6.08.